The van der Waals surface area contributed by atoms with Gasteiger partial charge in [-0.15, -0.1) is 0 Å². The number of methoxy groups -OCH3 is 1. The molecule has 0 spiro atoms. The van der Waals surface area contributed by atoms with Gasteiger partial charge in [0.25, 0.3) is 0 Å². The van der Waals surface area contributed by atoms with E-state index < -0.39 is 0 Å². The molecule has 0 saturated carbocycles. The minimum Gasteiger partial charge on any atom is -0.494 e. The molecule has 0 heterocycles. The molecule has 1 rings (SSSR count). The van der Waals surface area contributed by atoms with Crippen LogP contribution in [0.4, 0.5) is 4.39 Å². The Morgan fingerprint density at radius 1 is 1.42 bits per heavy atom. The third-order valence-electron chi connectivity index (χ3n) is 3.14. The molecule has 0 aliphatic rings. The fraction of sp³-hybridized carbons (Fsp3) is 0.533. The summed E-state index contributed by atoms with van der Waals surface area (Å²) in [5.41, 5.74) is 0.920. The van der Waals surface area contributed by atoms with Crippen molar-refractivity contribution in [2.45, 2.75) is 20.3 Å². The Morgan fingerprint density at radius 2 is 2.16 bits per heavy atom. The van der Waals surface area contributed by atoms with Gasteiger partial charge in [-0.25, -0.2) is 4.39 Å². The van der Waals surface area contributed by atoms with Crippen LogP contribution in [0.1, 0.15) is 19.4 Å². The summed E-state index contributed by atoms with van der Waals surface area (Å²) in [4.78, 5) is 0. The van der Waals surface area contributed by atoms with Crippen LogP contribution in [0.15, 0.2) is 18.2 Å². The zero-order chi connectivity index (χ0) is 14.3. The molecule has 3 nitrogen and oxygen atoms in total. The highest BCUT2D eigenvalue weighted by molar-refractivity contribution is 5.29. The van der Waals surface area contributed by atoms with Gasteiger partial charge in [0.2, 0.25) is 0 Å². The monoisotopic (exact) mass is 264 g/mol. The van der Waals surface area contributed by atoms with Crippen molar-refractivity contribution in [3.8, 4) is 11.8 Å². The van der Waals surface area contributed by atoms with Gasteiger partial charge in [0, 0.05) is 6.54 Å². The van der Waals surface area contributed by atoms with Crippen LogP contribution < -0.4 is 10.1 Å². The largest absolute Gasteiger partial charge is 0.494 e. The molecular weight excluding hydrogens is 243 g/mol. The molecule has 0 amide bonds. The van der Waals surface area contributed by atoms with Crippen LogP contribution in [0.5, 0.6) is 5.75 Å². The molecule has 1 atom stereocenters. The van der Waals surface area contributed by atoms with Gasteiger partial charge < -0.3 is 10.1 Å². The number of ether oxygens (including phenoxy) is 1. The highest BCUT2D eigenvalue weighted by Crippen LogP contribution is 2.17. The van der Waals surface area contributed by atoms with E-state index in [9.17, 15) is 4.39 Å². The van der Waals surface area contributed by atoms with Crippen molar-refractivity contribution in [3.05, 3.63) is 29.6 Å². The van der Waals surface area contributed by atoms with Crippen LogP contribution in [-0.2, 0) is 6.42 Å². The summed E-state index contributed by atoms with van der Waals surface area (Å²) in [6.45, 7) is 5.48. The molecule has 0 aliphatic carbocycles. The van der Waals surface area contributed by atoms with Gasteiger partial charge in [-0.1, -0.05) is 19.9 Å². The van der Waals surface area contributed by atoms with Gasteiger partial charge in [-0.2, -0.15) is 5.26 Å². The maximum absolute atomic E-state index is 13.5. The fourth-order valence-electron chi connectivity index (χ4n) is 1.79. The summed E-state index contributed by atoms with van der Waals surface area (Å²) in [5, 5.41) is 12.2. The molecule has 1 N–H and O–H groups in total. The normalized spacial score (nSPS) is 12.2. The lowest BCUT2D eigenvalue weighted by molar-refractivity contribution is 0.386. The van der Waals surface area contributed by atoms with E-state index >= 15 is 0 Å². The fourth-order valence-corrected chi connectivity index (χ4v) is 1.79. The number of halogens is 1. The average Bonchev–Trinajstić information content (AvgIpc) is 2.38. The van der Waals surface area contributed by atoms with E-state index in [1.165, 1.54) is 13.2 Å². The van der Waals surface area contributed by atoms with Gasteiger partial charge in [-0.05, 0) is 36.6 Å². The van der Waals surface area contributed by atoms with E-state index in [0.29, 0.717) is 12.5 Å². The second kappa shape index (κ2) is 7.75. The van der Waals surface area contributed by atoms with Gasteiger partial charge in [0.05, 0.1) is 19.1 Å². The summed E-state index contributed by atoms with van der Waals surface area (Å²) < 4.78 is 18.3. The highest BCUT2D eigenvalue weighted by Gasteiger charge is 2.11. The highest BCUT2D eigenvalue weighted by atomic mass is 19.1. The maximum Gasteiger partial charge on any atom is 0.165 e. The molecule has 0 aromatic heterocycles. The first-order valence-corrected chi connectivity index (χ1v) is 6.51. The number of nitrogens with one attached hydrogen (secondary N) is 1. The summed E-state index contributed by atoms with van der Waals surface area (Å²) in [6, 6.07) is 7.27. The second-order valence-electron chi connectivity index (χ2n) is 4.90. The molecule has 0 saturated heterocycles. The first-order chi connectivity index (χ1) is 9.08. The van der Waals surface area contributed by atoms with Crippen molar-refractivity contribution in [3.63, 3.8) is 0 Å². The number of hydrogen-bond donors (Lipinski definition) is 1. The quantitative estimate of drug-likeness (QED) is 0.770. The number of benzene rings is 1. The number of hydrogen-bond acceptors (Lipinski definition) is 3. The van der Waals surface area contributed by atoms with Gasteiger partial charge in [0.1, 0.15) is 0 Å². The standard InChI is InChI=1S/C15H21FN2O/c1-11(2)13(9-17)10-18-7-6-12-4-5-15(19-3)14(16)8-12/h4-5,8,11,13,18H,6-7,10H2,1-3H3. The molecule has 4 heteroatoms. The Morgan fingerprint density at radius 3 is 2.68 bits per heavy atom. The predicted molar refractivity (Wildman–Crippen MR) is 73.5 cm³/mol. The summed E-state index contributed by atoms with van der Waals surface area (Å²) in [6.07, 6.45) is 0.733. The smallest absolute Gasteiger partial charge is 0.165 e. The van der Waals surface area contributed by atoms with E-state index in [-0.39, 0.29) is 17.5 Å². The average molecular weight is 264 g/mol. The van der Waals surface area contributed by atoms with Gasteiger partial charge >= 0.3 is 0 Å². The zero-order valence-electron chi connectivity index (χ0n) is 11.7. The molecular formula is C15H21FN2O. The molecule has 0 bridgehead atoms. The summed E-state index contributed by atoms with van der Waals surface area (Å²) in [5.74, 6) is 0.293. The van der Waals surface area contributed by atoms with Crippen LogP contribution in [0, 0.1) is 29.0 Å². The Labute approximate surface area is 114 Å². The van der Waals surface area contributed by atoms with Crippen molar-refractivity contribution < 1.29 is 9.13 Å². The molecule has 104 valence electrons. The minimum atomic E-state index is -0.336. The van der Waals surface area contributed by atoms with Crippen molar-refractivity contribution >= 4 is 0 Å². The SMILES string of the molecule is COc1ccc(CCNCC(C#N)C(C)C)cc1F. The zero-order valence-corrected chi connectivity index (χ0v) is 11.7. The van der Waals surface area contributed by atoms with E-state index in [2.05, 4.69) is 11.4 Å². The molecule has 1 unspecified atom stereocenters. The molecule has 0 radical (unpaired) electrons. The van der Waals surface area contributed by atoms with E-state index in [1.807, 2.05) is 19.9 Å². The number of nitrogens with zero attached hydrogens (tertiary/aromatic N) is 1. The number of nitriles is 1. The van der Waals surface area contributed by atoms with Crippen LogP contribution >= 0.6 is 0 Å². The number of rotatable bonds is 7. The van der Waals surface area contributed by atoms with E-state index in [4.69, 9.17) is 10.00 Å². The third kappa shape index (κ3) is 4.88. The molecule has 1 aromatic carbocycles. The van der Waals surface area contributed by atoms with Crippen molar-refractivity contribution in [1.82, 2.24) is 5.32 Å². The Bertz CT molecular complexity index is 440. The molecule has 1 aromatic rings. The van der Waals surface area contributed by atoms with Crippen LogP contribution in [-0.4, -0.2) is 20.2 Å². The Hall–Kier alpha value is -1.60. The Kier molecular flexibility index (Phi) is 6.31. The lowest BCUT2D eigenvalue weighted by Gasteiger charge is -2.13. The van der Waals surface area contributed by atoms with Crippen molar-refractivity contribution in [2.24, 2.45) is 11.8 Å². The first kappa shape index (κ1) is 15.5. The maximum atomic E-state index is 13.5. The summed E-state index contributed by atoms with van der Waals surface area (Å²) in [7, 11) is 1.45. The first-order valence-electron chi connectivity index (χ1n) is 6.51. The Balaban J connectivity index is 2.38. The van der Waals surface area contributed by atoms with Crippen LogP contribution in [0.2, 0.25) is 0 Å². The van der Waals surface area contributed by atoms with Crippen molar-refractivity contribution in [1.29, 1.82) is 5.26 Å². The second-order valence-corrected chi connectivity index (χ2v) is 4.90. The minimum absolute atomic E-state index is 0.0209. The lowest BCUT2D eigenvalue weighted by Crippen LogP contribution is -2.27. The topological polar surface area (TPSA) is 45.0 Å². The van der Waals surface area contributed by atoms with Gasteiger partial charge in [-0.3, -0.25) is 0 Å². The predicted octanol–water partition coefficient (Wildman–Crippen LogP) is 2.76. The van der Waals surface area contributed by atoms with Crippen LogP contribution in [0.3, 0.4) is 0 Å². The van der Waals surface area contributed by atoms with Crippen LogP contribution in [0.25, 0.3) is 0 Å². The van der Waals surface area contributed by atoms with E-state index in [1.54, 1.807) is 6.07 Å². The van der Waals surface area contributed by atoms with Crippen molar-refractivity contribution in [2.75, 3.05) is 20.2 Å². The third-order valence-corrected chi connectivity index (χ3v) is 3.14. The molecule has 0 fully saturated rings. The molecule has 19 heavy (non-hydrogen) atoms. The molecule has 0 aliphatic heterocycles. The summed E-state index contributed by atoms with van der Waals surface area (Å²) >= 11 is 0. The lowest BCUT2D eigenvalue weighted by atomic mass is 9.97. The van der Waals surface area contributed by atoms with E-state index in [0.717, 1.165) is 18.5 Å². The van der Waals surface area contributed by atoms with Gasteiger partial charge in [0.15, 0.2) is 11.6 Å².